The van der Waals surface area contributed by atoms with Crippen LogP contribution in [-0.2, 0) is 0 Å². The number of urea groups is 1. The highest BCUT2D eigenvalue weighted by Gasteiger charge is 2.24. The average Bonchev–Trinajstić information content (AvgIpc) is 3.62. The summed E-state index contributed by atoms with van der Waals surface area (Å²) >= 11 is 0. The van der Waals surface area contributed by atoms with Gasteiger partial charge >= 0.3 is 6.03 Å². The van der Waals surface area contributed by atoms with Crippen molar-refractivity contribution in [3.63, 3.8) is 0 Å². The van der Waals surface area contributed by atoms with Crippen LogP contribution in [0.3, 0.4) is 0 Å². The highest BCUT2D eigenvalue weighted by atomic mass is 16.2. The molecule has 2 fully saturated rings. The Hall–Kier alpha value is -3.87. The summed E-state index contributed by atoms with van der Waals surface area (Å²) in [5.74, 6) is 2.03. The average molecular weight is 481 g/mol. The molecule has 2 aromatic carbocycles. The molecule has 1 atom stereocenters. The van der Waals surface area contributed by atoms with Crippen LogP contribution in [0.15, 0.2) is 67.1 Å². The van der Waals surface area contributed by atoms with Gasteiger partial charge < -0.3 is 20.5 Å². The molecule has 2 amide bonds. The molecule has 3 N–H and O–H groups in total. The van der Waals surface area contributed by atoms with Crippen molar-refractivity contribution in [1.82, 2.24) is 15.0 Å². The smallest absolute Gasteiger partial charge is 0.323 e. The Morgan fingerprint density at radius 1 is 0.861 bits per heavy atom. The second kappa shape index (κ2) is 10.0. The summed E-state index contributed by atoms with van der Waals surface area (Å²) < 4.78 is 0. The van der Waals surface area contributed by atoms with E-state index in [-0.39, 0.29) is 6.03 Å². The first kappa shape index (κ1) is 22.6. The Bertz CT molecular complexity index is 1340. The molecule has 2 aromatic heterocycles. The van der Waals surface area contributed by atoms with Crippen LogP contribution in [0.5, 0.6) is 0 Å². The van der Waals surface area contributed by atoms with Gasteiger partial charge in [0.05, 0.1) is 5.39 Å². The summed E-state index contributed by atoms with van der Waals surface area (Å²) in [4.78, 5) is 27.1. The van der Waals surface area contributed by atoms with E-state index in [0.717, 1.165) is 54.2 Å². The summed E-state index contributed by atoms with van der Waals surface area (Å²) in [6, 6.07) is 18.4. The van der Waals surface area contributed by atoms with Crippen LogP contribution in [0.2, 0.25) is 0 Å². The quantitative estimate of drug-likeness (QED) is 0.299. The SMILES string of the molecule is O=C(Nc1ccc(C2CCCC2)cc1)Nc1cccc(C2CCCN(c3ncnc4[nH]ccc34)C2)c1. The van der Waals surface area contributed by atoms with Crippen molar-refractivity contribution >= 4 is 34.3 Å². The van der Waals surface area contributed by atoms with Crippen molar-refractivity contribution in [3.05, 3.63) is 78.2 Å². The molecule has 0 radical (unpaired) electrons. The largest absolute Gasteiger partial charge is 0.355 e. The molecule has 184 valence electrons. The van der Waals surface area contributed by atoms with E-state index in [2.05, 4.69) is 54.8 Å². The number of piperidine rings is 1. The van der Waals surface area contributed by atoms with Crippen molar-refractivity contribution in [2.24, 2.45) is 0 Å². The molecule has 2 aliphatic rings. The highest BCUT2D eigenvalue weighted by molar-refractivity contribution is 5.99. The van der Waals surface area contributed by atoms with Gasteiger partial charge in [0.2, 0.25) is 0 Å². The summed E-state index contributed by atoms with van der Waals surface area (Å²) in [6.07, 6.45) is 10.9. The number of anilines is 3. The Labute approximate surface area is 211 Å². The number of carbonyl (C=O) groups excluding carboxylic acids is 1. The van der Waals surface area contributed by atoms with E-state index in [4.69, 9.17) is 0 Å². The Balaban J connectivity index is 1.10. The summed E-state index contributed by atoms with van der Waals surface area (Å²) in [6.45, 7) is 1.87. The Morgan fingerprint density at radius 2 is 1.67 bits per heavy atom. The molecule has 0 spiro atoms. The van der Waals surface area contributed by atoms with Gasteiger partial charge in [-0.25, -0.2) is 14.8 Å². The minimum absolute atomic E-state index is 0.220. The normalized spacial score (nSPS) is 18.4. The summed E-state index contributed by atoms with van der Waals surface area (Å²) in [5, 5.41) is 7.05. The summed E-state index contributed by atoms with van der Waals surface area (Å²) in [7, 11) is 0. The topological polar surface area (TPSA) is 85.9 Å². The van der Waals surface area contributed by atoms with Crippen LogP contribution in [-0.4, -0.2) is 34.1 Å². The Kier molecular flexibility index (Phi) is 6.28. The van der Waals surface area contributed by atoms with Gasteiger partial charge in [-0.05, 0) is 73.1 Å². The third-order valence-corrected chi connectivity index (χ3v) is 7.66. The first-order chi connectivity index (χ1) is 17.7. The maximum absolute atomic E-state index is 12.7. The number of aromatic nitrogens is 3. The number of amides is 2. The van der Waals surface area contributed by atoms with Crippen LogP contribution < -0.4 is 15.5 Å². The van der Waals surface area contributed by atoms with Gasteiger partial charge in [-0.15, -0.1) is 0 Å². The number of benzene rings is 2. The molecular weight excluding hydrogens is 448 g/mol. The van der Waals surface area contributed by atoms with Crippen molar-refractivity contribution in [3.8, 4) is 0 Å². The van der Waals surface area contributed by atoms with E-state index in [1.807, 2.05) is 36.5 Å². The van der Waals surface area contributed by atoms with Crippen molar-refractivity contribution in [2.45, 2.75) is 50.4 Å². The minimum Gasteiger partial charge on any atom is -0.355 e. The second-order valence-electron chi connectivity index (χ2n) is 10.0. The van der Waals surface area contributed by atoms with E-state index in [9.17, 15) is 4.79 Å². The number of rotatable bonds is 5. The zero-order chi connectivity index (χ0) is 24.3. The number of H-pyrrole nitrogens is 1. The van der Waals surface area contributed by atoms with Crippen molar-refractivity contribution < 1.29 is 4.79 Å². The van der Waals surface area contributed by atoms with Crippen LogP contribution in [0.1, 0.15) is 61.5 Å². The van der Waals surface area contributed by atoms with Gasteiger partial charge in [0.1, 0.15) is 17.8 Å². The predicted molar refractivity (Wildman–Crippen MR) is 145 cm³/mol. The van der Waals surface area contributed by atoms with E-state index in [1.165, 1.54) is 36.8 Å². The number of nitrogens with zero attached hydrogens (tertiary/aromatic N) is 3. The van der Waals surface area contributed by atoms with Gasteiger partial charge in [0.15, 0.2) is 0 Å². The molecule has 4 aromatic rings. The molecule has 36 heavy (non-hydrogen) atoms. The molecular formula is C29H32N6O. The number of hydrogen-bond acceptors (Lipinski definition) is 4. The molecule has 1 aliphatic heterocycles. The van der Waals surface area contributed by atoms with Crippen LogP contribution in [0.25, 0.3) is 11.0 Å². The molecule has 7 heteroatoms. The zero-order valence-corrected chi connectivity index (χ0v) is 20.4. The van der Waals surface area contributed by atoms with E-state index >= 15 is 0 Å². The number of hydrogen-bond donors (Lipinski definition) is 3. The highest BCUT2D eigenvalue weighted by Crippen LogP contribution is 2.35. The molecule has 1 unspecified atom stereocenters. The maximum atomic E-state index is 12.7. The van der Waals surface area contributed by atoms with Crippen LogP contribution in [0.4, 0.5) is 22.0 Å². The lowest BCUT2D eigenvalue weighted by Gasteiger charge is -2.34. The fourth-order valence-electron chi connectivity index (χ4n) is 5.81. The standard InChI is InChI=1S/C29H32N6O/c36-29(33-24-12-10-21(11-13-24)20-5-1-2-6-20)34-25-9-3-7-22(17-25)23-8-4-16-35(18-23)28-26-14-15-30-27(26)31-19-32-28/h3,7,9-15,17,19-20,23H,1-2,4-6,8,16,18H2,(H,30,31,32)(H2,33,34,36). The molecule has 1 aliphatic carbocycles. The van der Waals surface area contributed by atoms with E-state index < -0.39 is 0 Å². The molecule has 6 rings (SSSR count). The first-order valence-electron chi connectivity index (χ1n) is 13.0. The number of nitrogens with one attached hydrogen (secondary N) is 3. The van der Waals surface area contributed by atoms with Gasteiger partial charge in [0.25, 0.3) is 0 Å². The van der Waals surface area contributed by atoms with E-state index in [1.54, 1.807) is 6.33 Å². The minimum atomic E-state index is -0.220. The van der Waals surface area contributed by atoms with Gasteiger partial charge in [-0.3, -0.25) is 0 Å². The molecule has 0 bridgehead atoms. The van der Waals surface area contributed by atoms with Gasteiger partial charge in [-0.2, -0.15) is 0 Å². The fraction of sp³-hybridized carbons (Fsp3) is 0.345. The number of carbonyl (C=O) groups is 1. The fourth-order valence-corrected chi connectivity index (χ4v) is 5.81. The zero-order valence-electron chi connectivity index (χ0n) is 20.4. The second-order valence-corrected chi connectivity index (χ2v) is 10.0. The predicted octanol–water partition coefficient (Wildman–Crippen LogP) is 6.64. The van der Waals surface area contributed by atoms with Gasteiger partial charge in [-0.1, -0.05) is 37.1 Å². The van der Waals surface area contributed by atoms with Crippen molar-refractivity contribution in [2.75, 3.05) is 28.6 Å². The Morgan fingerprint density at radius 3 is 2.53 bits per heavy atom. The van der Waals surface area contributed by atoms with Crippen LogP contribution in [0, 0.1) is 0 Å². The van der Waals surface area contributed by atoms with Crippen LogP contribution >= 0.6 is 0 Å². The molecule has 7 nitrogen and oxygen atoms in total. The summed E-state index contributed by atoms with van der Waals surface area (Å²) in [5.41, 5.74) is 5.10. The molecule has 1 saturated carbocycles. The van der Waals surface area contributed by atoms with Gasteiger partial charge in [0, 0.05) is 36.6 Å². The monoisotopic (exact) mass is 480 g/mol. The molecule has 1 saturated heterocycles. The third-order valence-electron chi connectivity index (χ3n) is 7.66. The molecule has 3 heterocycles. The van der Waals surface area contributed by atoms with E-state index in [0.29, 0.717) is 11.8 Å². The lowest BCUT2D eigenvalue weighted by Crippen LogP contribution is -2.35. The first-order valence-corrected chi connectivity index (χ1v) is 13.0. The lowest BCUT2D eigenvalue weighted by atomic mass is 9.90. The number of fused-ring (bicyclic) bond motifs is 1. The lowest BCUT2D eigenvalue weighted by molar-refractivity contribution is 0.262. The third kappa shape index (κ3) is 4.78. The van der Waals surface area contributed by atoms with Crippen molar-refractivity contribution in [1.29, 1.82) is 0 Å². The number of aromatic amines is 1. The maximum Gasteiger partial charge on any atom is 0.323 e.